The van der Waals surface area contributed by atoms with Gasteiger partial charge in [0.2, 0.25) is 0 Å². The van der Waals surface area contributed by atoms with Crippen LogP contribution in [0.4, 0.5) is 5.82 Å². The Labute approximate surface area is 122 Å². The van der Waals surface area contributed by atoms with Crippen LogP contribution in [0.5, 0.6) is 0 Å². The predicted octanol–water partition coefficient (Wildman–Crippen LogP) is 2.80. The molecule has 0 aliphatic carbocycles. The minimum atomic E-state index is -0.175. The third-order valence-electron chi connectivity index (χ3n) is 3.13. The molecule has 0 fully saturated rings. The molecule has 21 heavy (non-hydrogen) atoms. The van der Waals surface area contributed by atoms with E-state index in [9.17, 15) is 0 Å². The molecule has 0 saturated heterocycles. The van der Waals surface area contributed by atoms with Gasteiger partial charge in [0.25, 0.3) is 5.89 Å². The van der Waals surface area contributed by atoms with Crippen LogP contribution in [-0.2, 0) is 5.41 Å². The summed E-state index contributed by atoms with van der Waals surface area (Å²) in [5.41, 5.74) is 7.51. The van der Waals surface area contributed by atoms with Crippen LogP contribution in [0.2, 0.25) is 0 Å². The normalized spacial score (nSPS) is 11.8. The van der Waals surface area contributed by atoms with Gasteiger partial charge in [-0.2, -0.15) is 10.1 Å². The fourth-order valence-electron chi connectivity index (χ4n) is 1.94. The average molecular weight is 283 g/mol. The smallest absolute Gasteiger partial charge is 0.263 e. The van der Waals surface area contributed by atoms with E-state index in [4.69, 9.17) is 10.3 Å². The lowest BCUT2D eigenvalue weighted by Gasteiger charge is -2.10. The lowest BCUT2D eigenvalue weighted by Crippen LogP contribution is -2.13. The van der Waals surface area contributed by atoms with Crippen LogP contribution < -0.4 is 5.73 Å². The summed E-state index contributed by atoms with van der Waals surface area (Å²) in [5, 5.41) is 8.31. The number of nitrogen functional groups attached to an aromatic ring is 1. The summed E-state index contributed by atoms with van der Waals surface area (Å²) in [7, 11) is 0. The van der Waals surface area contributed by atoms with E-state index in [2.05, 4.69) is 15.2 Å². The SMILES string of the molecule is CC(C)(C)c1noc(-c2cnn(-c3ccccc3)c2N)n1. The van der Waals surface area contributed by atoms with Gasteiger partial charge in [0.1, 0.15) is 11.4 Å². The van der Waals surface area contributed by atoms with Gasteiger partial charge < -0.3 is 10.3 Å². The summed E-state index contributed by atoms with van der Waals surface area (Å²) < 4.78 is 6.96. The Hall–Kier alpha value is -2.63. The van der Waals surface area contributed by atoms with Crippen molar-refractivity contribution in [2.45, 2.75) is 26.2 Å². The second kappa shape index (κ2) is 4.73. The third-order valence-corrected chi connectivity index (χ3v) is 3.13. The molecule has 0 amide bonds. The molecule has 0 aliphatic rings. The van der Waals surface area contributed by atoms with Crippen LogP contribution in [0.25, 0.3) is 17.1 Å². The minimum absolute atomic E-state index is 0.175. The van der Waals surface area contributed by atoms with Gasteiger partial charge in [-0.15, -0.1) is 0 Å². The minimum Gasteiger partial charge on any atom is -0.383 e. The Bertz CT molecular complexity index is 752. The van der Waals surface area contributed by atoms with E-state index in [1.54, 1.807) is 10.9 Å². The monoisotopic (exact) mass is 283 g/mol. The molecule has 0 radical (unpaired) electrons. The van der Waals surface area contributed by atoms with Crippen molar-refractivity contribution < 1.29 is 4.52 Å². The Morgan fingerprint density at radius 3 is 2.48 bits per heavy atom. The second-order valence-electron chi connectivity index (χ2n) is 5.86. The fourth-order valence-corrected chi connectivity index (χ4v) is 1.94. The molecule has 1 aromatic carbocycles. The van der Waals surface area contributed by atoms with Crippen LogP contribution in [0, 0.1) is 0 Å². The highest BCUT2D eigenvalue weighted by Crippen LogP contribution is 2.28. The molecule has 0 spiro atoms. The van der Waals surface area contributed by atoms with Gasteiger partial charge in [-0.25, -0.2) is 4.68 Å². The van der Waals surface area contributed by atoms with Crippen molar-refractivity contribution in [2.24, 2.45) is 0 Å². The summed E-state index contributed by atoms with van der Waals surface area (Å²) in [5.74, 6) is 1.51. The lowest BCUT2D eigenvalue weighted by atomic mass is 9.96. The van der Waals surface area contributed by atoms with Crippen LogP contribution in [-0.4, -0.2) is 19.9 Å². The zero-order valence-electron chi connectivity index (χ0n) is 12.2. The Morgan fingerprint density at radius 2 is 1.86 bits per heavy atom. The Morgan fingerprint density at radius 1 is 1.14 bits per heavy atom. The summed E-state index contributed by atoms with van der Waals surface area (Å²) in [6, 6.07) is 9.67. The number of aromatic nitrogens is 4. The molecule has 2 aromatic heterocycles. The van der Waals surface area contributed by atoms with Crippen molar-refractivity contribution in [3.05, 3.63) is 42.4 Å². The first-order chi connectivity index (χ1) is 9.97. The number of hydrogen-bond donors (Lipinski definition) is 1. The Balaban J connectivity index is 2.02. The van der Waals surface area contributed by atoms with Crippen LogP contribution >= 0.6 is 0 Å². The quantitative estimate of drug-likeness (QED) is 0.782. The summed E-state index contributed by atoms with van der Waals surface area (Å²) in [4.78, 5) is 4.41. The number of nitrogens with zero attached hydrogens (tertiary/aromatic N) is 4. The molecule has 0 unspecified atom stereocenters. The van der Waals surface area contributed by atoms with E-state index >= 15 is 0 Å². The van der Waals surface area contributed by atoms with E-state index in [1.165, 1.54) is 0 Å². The first kappa shape index (κ1) is 13.4. The molecule has 3 rings (SSSR count). The molecule has 2 N–H and O–H groups in total. The van der Waals surface area contributed by atoms with E-state index < -0.39 is 0 Å². The van der Waals surface area contributed by atoms with Gasteiger partial charge in [0.15, 0.2) is 5.82 Å². The number of anilines is 1. The highest BCUT2D eigenvalue weighted by atomic mass is 16.5. The second-order valence-corrected chi connectivity index (χ2v) is 5.86. The summed E-state index contributed by atoms with van der Waals surface area (Å²) >= 11 is 0. The molecule has 6 nitrogen and oxygen atoms in total. The standard InChI is InChI=1S/C15H17N5O/c1-15(2,3)14-18-13(21-19-14)11-9-17-20(12(11)16)10-7-5-4-6-8-10/h4-9H,16H2,1-3H3. The van der Waals surface area contributed by atoms with Crippen molar-refractivity contribution in [1.82, 2.24) is 19.9 Å². The van der Waals surface area contributed by atoms with Crippen molar-refractivity contribution in [1.29, 1.82) is 0 Å². The maximum absolute atomic E-state index is 6.16. The maximum Gasteiger partial charge on any atom is 0.263 e. The summed E-state index contributed by atoms with van der Waals surface area (Å²) in [6.45, 7) is 6.08. The van der Waals surface area contributed by atoms with Crippen molar-refractivity contribution in [2.75, 3.05) is 5.73 Å². The van der Waals surface area contributed by atoms with Gasteiger partial charge in [-0.05, 0) is 12.1 Å². The Kier molecular flexibility index (Phi) is 3.01. The van der Waals surface area contributed by atoms with E-state index in [0.29, 0.717) is 23.1 Å². The fraction of sp³-hybridized carbons (Fsp3) is 0.267. The van der Waals surface area contributed by atoms with Crippen LogP contribution in [0.3, 0.4) is 0 Å². The topological polar surface area (TPSA) is 82.8 Å². The zero-order chi connectivity index (χ0) is 15.0. The number of nitrogens with two attached hydrogens (primary N) is 1. The average Bonchev–Trinajstić information content (AvgIpc) is 3.05. The van der Waals surface area contributed by atoms with Gasteiger partial charge in [-0.3, -0.25) is 0 Å². The third kappa shape index (κ3) is 2.40. The van der Waals surface area contributed by atoms with E-state index in [0.717, 1.165) is 5.69 Å². The number of rotatable bonds is 2. The van der Waals surface area contributed by atoms with E-state index in [1.807, 2.05) is 51.1 Å². The largest absolute Gasteiger partial charge is 0.383 e. The van der Waals surface area contributed by atoms with Gasteiger partial charge in [0, 0.05) is 5.41 Å². The molecular formula is C15H17N5O. The molecule has 6 heteroatoms. The van der Waals surface area contributed by atoms with Gasteiger partial charge in [0.05, 0.1) is 11.9 Å². The number of benzene rings is 1. The van der Waals surface area contributed by atoms with Gasteiger partial charge >= 0.3 is 0 Å². The first-order valence-corrected chi connectivity index (χ1v) is 6.70. The zero-order valence-corrected chi connectivity index (χ0v) is 12.2. The molecule has 0 saturated carbocycles. The van der Waals surface area contributed by atoms with Crippen LogP contribution in [0.15, 0.2) is 41.1 Å². The predicted molar refractivity (Wildman–Crippen MR) is 80.0 cm³/mol. The maximum atomic E-state index is 6.16. The highest BCUT2D eigenvalue weighted by molar-refractivity contribution is 5.68. The molecular weight excluding hydrogens is 266 g/mol. The van der Waals surface area contributed by atoms with Crippen LogP contribution in [0.1, 0.15) is 26.6 Å². The molecule has 0 bridgehead atoms. The van der Waals surface area contributed by atoms with Crippen molar-refractivity contribution >= 4 is 5.82 Å². The van der Waals surface area contributed by atoms with Crippen molar-refractivity contribution in [3.63, 3.8) is 0 Å². The highest BCUT2D eigenvalue weighted by Gasteiger charge is 2.23. The molecule has 108 valence electrons. The molecule has 0 aliphatic heterocycles. The summed E-state index contributed by atoms with van der Waals surface area (Å²) in [6.07, 6.45) is 1.64. The number of hydrogen-bond acceptors (Lipinski definition) is 5. The lowest BCUT2D eigenvalue weighted by molar-refractivity contribution is 0.402. The molecule has 0 atom stereocenters. The first-order valence-electron chi connectivity index (χ1n) is 6.70. The van der Waals surface area contributed by atoms with E-state index in [-0.39, 0.29) is 5.41 Å². The number of para-hydroxylation sites is 1. The van der Waals surface area contributed by atoms with Gasteiger partial charge in [-0.1, -0.05) is 44.1 Å². The molecule has 2 heterocycles. The van der Waals surface area contributed by atoms with Crippen molar-refractivity contribution in [3.8, 4) is 17.1 Å². The molecule has 3 aromatic rings.